The second kappa shape index (κ2) is 5.45. The van der Waals surface area contributed by atoms with Crippen LogP contribution in [-0.4, -0.2) is 29.3 Å². The first-order valence-corrected chi connectivity index (χ1v) is 6.11. The summed E-state index contributed by atoms with van der Waals surface area (Å²) in [6, 6.07) is 1.69. The van der Waals surface area contributed by atoms with E-state index in [9.17, 15) is 4.79 Å². The third kappa shape index (κ3) is 2.51. The fourth-order valence-corrected chi connectivity index (χ4v) is 2.27. The maximum Gasteiger partial charge on any atom is 0.233 e. The van der Waals surface area contributed by atoms with Gasteiger partial charge in [-0.25, -0.2) is 0 Å². The minimum Gasteiger partial charge on any atom is -0.392 e. The van der Waals surface area contributed by atoms with Crippen LogP contribution in [0.1, 0.15) is 18.5 Å². The van der Waals surface area contributed by atoms with E-state index in [0.29, 0.717) is 38.3 Å². The van der Waals surface area contributed by atoms with Gasteiger partial charge in [0.05, 0.1) is 11.5 Å². The maximum absolute atomic E-state index is 12.3. The maximum atomic E-state index is 12.3. The van der Waals surface area contributed by atoms with E-state index in [0.717, 1.165) is 0 Å². The highest BCUT2D eigenvalue weighted by molar-refractivity contribution is 7.80. The molecule has 18 heavy (non-hydrogen) atoms. The summed E-state index contributed by atoms with van der Waals surface area (Å²) in [4.78, 5) is 12.5. The Balaban J connectivity index is 2.02. The Hall–Kier alpha value is -1.47. The number of thiocarbonyl (C=S) groups is 1. The van der Waals surface area contributed by atoms with Crippen molar-refractivity contribution in [2.75, 3.05) is 13.2 Å². The summed E-state index contributed by atoms with van der Waals surface area (Å²) in [7, 11) is 0. The predicted octanol–water partition coefficient (Wildman–Crippen LogP) is 0.374. The quantitative estimate of drug-likeness (QED) is 0.768. The molecule has 1 fully saturated rings. The number of nitrogens with one attached hydrogen (secondary N) is 1. The number of ether oxygens (including phenoxy) is 1. The molecule has 2 rings (SSSR count). The van der Waals surface area contributed by atoms with Crippen molar-refractivity contribution in [3.63, 3.8) is 0 Å². The van der Waals surface area contributed by atoms with Gasteiger partial charge in [-0.1, -0.05) is 17.4 Å². The van der Waals surface area contributed by atoms with Gasteiger partial charge in [-0.3, -0.25) is 4.79 Å². The van der Waals surface area contributed by atoms with E-state index in [1.54, 1.807) is 6.07 Å². The number of hydrogen-bond acceptors (Lipinski definition) is 5. The Kier molecular flexibility index (Phi) is 3.93. The van der Waals surface area contributed by atoms with Crippen molar-refractivity contribution in [3.05, 3.63) is 18.0 Å². The number of nitrogens with two attached hydrogens (primary N) is 1. The van der Waals surface area contributed by atoms with Gasteiger partial charge in [-0.05, 0) is 12.8 Å². The molecule has 1 aliphatic heterocycles. The molecule has 2 heterocycles. The Morgan fingerprint density at radius 1 is 1.56 bits per heavy atom. The second-order valence-corrected chi connectivity index (χ2v) is 4.67. The van der Waals surface area contributed by atoms with Crippen LogP contribution in [0.2, 0.25) is 0 Å². The number of carbonyl (C=O) groups is 1. The number of carbonyl (C=O) groups excluding carboxylic acids is 1. The SMILES string of the molecule is NC(=S)C1(C(=O)NCc2ccon2)CCOCC1. The van der Waals surface area contributed by atoms with Crippen molar-refractivity contribution in [3.8, 4) is 0 Å². The lowest BCUT2D eigenvalue weighted by Crippen LogP contribution is -2.51. The van der Waals surface area contributed by atoms with Gasteiger partial charge in [0.15, 0.2) is 0 Å². The zero-order chi connectivity index (χ0) is 13.0. The molecule has 6 nitrogen and oxygen atoms in total. The van der Waals surface area contributed by atoms with Crippen LogP contribution in [0.15, 0.2) is 16.9 Å². The molecule has 1 aliphatic rings. The van der Waals surface area contributed by atoms with Crippen LogP contribution in [0.3, 0.4) is 0 Å². The topological polar surface area (TPSA) is 90.4 Å². The molecule has 0 aliphatic carbocycles. The van der Waals surface area contributed by atoms with Crippen molar-refractivity contribution in [2.24, 2.45) is 11.1 Å². The largest absolute Gasteiger partial charge is 0.392 e. The van der Waals surface area contributed by atoms with Crippen LogP contribution in [0.4, 0.5) is 0 Å². The average Bonchev–Trinajstić information content (AvgIpc) is 2.89. The minimum atomic E-state index is -0.794. The third-order valence-electron chi connectivity index (χ3n) is 3.17. The smallest absolute Gasteiger partial charge is 0.233 e. The van der Waals surface area contributed by atoms with E-state index in [4.69, 9.17) is 27.2 Å². The highest BCUT2D eigenvalue weighted by Gasteiger charge is 2.42. The Morgan fingerprint density at radius 3 is 2.83 bits per heavy atom. The number of amides is 1. The highest BCUT2D eigenvalue weighted by Crippen LogP contribution is 2.31. The van der Waals surface area contributed by atoms with E-state index in [-0.39, 0.29) is 10.9 Å². The van der Waals surface area contributed by atoms with E-state index >= 15 is 0 Å². The van der Waals surface area contributed by atoms with Gasteiger partial charge in [0.1, 0.15) is 17.4 Å². The highest BCUT2D eigenvalue weighted by atomic mass is 32.1. The number of nitrogens with zero attached hydrogens (tertiary/aromatic N) is 1. The minimum absolute atomic E-state index is 0.165. The van der Waals surface area contributed by atoms with E-state index in [1.165, 1.54) is 6.26 Å². The molecule has 0 atom stereocenters. The van der Waals surface area contributed by atoms with Gasteiger partial charge in [-0.2, -0.15) is 0 Å². The zero-order valence-corrected chi connectivity index (χ0v) is 10.7. The van der Waals surface area contributed by atoms with E-state index < -0.39 is 5.41 Å². The lowest BCUT2D eigenvalue weighted by Gasteiger charge is -2.34. The molecule has 0 aromatic carbocycles. The Labute approximate surface area is 110 Å². The molecule has 1 aromatic rings. The van der Waals surface area contributed by atoms with E-state index in [2.05, 4.69) is 10.5 Å². The summed E-state index contributed by atoms with van der Waals surface area (Å²) in [5.74, 6) is -0.165. The molecule has 0 bridgehead atoms. The van der Waals surface area contributed by atoms with Crippen molar-refractivity contribution in [2.45, 2.75) is 19.4 Å². The van der Waals surface area contributed by atoms with Crippen LogP contribution < -0.4 is 11.1 Å². The van der Waals surface area contributed by atoms with Crippen LogP contribution in [0.5, 0.6) is 0 Å². The second-order valence-electron chi connectivity index (χ2n) is 4.23. The lowest BCUT2D eigenvalue weighted by atomic mass is 9.79. The third-order valence-corrected chi connectivity index (χ3v) is 3.56. The standard InChI is InChI=1S/C11H15N3O3S/c12-9(18)11(2-5-16-6-3-11)10(15)13-7-8-1-4-17-14-8/h1,4H,2-3,5-7H2,(H2,12,18)(H,13,15). The molecule has 98 valence electrons. The van der Waals surface area contributed by atoms with Gasteiger partial charge in [-0.15, -0.1) is 0 Å². The fraction of sp³-hybridized carbons (Fsp3) is 0.545. The first-order valence-electron chi connectivity index (χ1n) is 5.70. The van der Waals surface area contributed by atoms with Gasteiger partial charge >= 0.3 is 0 Å². The van der Waals surface area contributed by atoms with Gasteiger partial charge < -0.3 is 20.3 Å². The lowest BCUT2D eigenvalue weighted by molar-refractivity contribution is -0.131. The van der Waals surface area contributed by atoms with Crippen molar-refractivity contribution in [1.29, 1.82) is 0 Å². The molecule has 0 unspecified atom stereocenters. The molecule has 1 amide bonds. The first-order chi connectivity index (χ1) is 8.65. The van der Waals surface area contributed by atoms with Crippen LogP contribution in [0, 0.1) is 5.41 Å². The van der Waals surface area contributed by atoms with E-state index in [1.807, 2.05) is 0 Å². The Morgan fingerprint density at radius 2 is 2.28 bits per heavy atom. The number of aromatic nitrogens is 1. The Bertz CT molecular complexity index is 427. The summed E-state index contributed by atoms with van der Waals surface area (Å²) in [5, 5.41) is 6.51. The summed E-state index contributed by atoms with van der Waals surface area (Å²) in [6.07, 6.45) is 2.50. The molecule has 0 saturated carbocycles. The summed E-state index contributed by atoms with van der Waals surface area (Å²) >= 11 is 5.05. The average molecular weight is 269 g/mol. The summed E-state index contributed by atoms with van der Waals surface area (Å²) in [6.45, 7) is 1.30. The predicted molar refractivity (Wildman–Crippen MR) is 67.6 cm³/mol. The number of hydrogen-bond donors (Lipinski definition) is 2. The van der Waals surface area contributed by atoms with Gasteiger partial charge in [0.2, 0.25) is 5.91 Å². The fourth-order valence-electron chi connectivity index (χ4n) is 1.97. The van der Waals surface area contributed by atoms with Crippen LogP contribution >= 0.6 is 12.2 Å². The normalized spacial score (nSPS) is 18.2. The molecule has 0 radical (unpaired) electrons. The van der Waals surface area contributed by atoms with Crippen LogP contribution in [0.25, 0.3) is 0 Å². The number of rotatable bonds is 4. The monoisotopic (exact) mass is 269 g/mol. The molecule has 7 heteroatoms. The zero-order valence-electron chi connectivity index (χ0n) is 9.85. The summed E-state index contributed by atoms with van der Waals surface area (Å²) in [5.41, 5.74) is 5.60. The van der Waals surface area contributed by atoms with Gasteiger partial charge in [0, 0.05) is 19.3 Å². The molecular formula is C11H15N3O3S. The van der Waals surface area contributed by atoms with Crippen molar-refractivity contribution < 1.29 is 14.1 Å². The van der Waals surface area contributed by atoms with Gasteiger partial charge in [0.25, 0.3) is 0 Å². The van der Waals surface area contributed by atoms with Crippen molar-refractivity contribution >= 4 is 23.1 Å². The first kappa shape index (κ1) is 13.0. The molecule has 1 aromatic heterocycles. The molecular weight excluding hydrogens is 254 g/mol. The molecule has 3 N–H and O–H groups in total. The van der Waals surface area contributed by atoms with Crippen molar-refractivity contribution in [1.82, 2.24) is 10.5 Å². The molecule has 0 spiro atoms. The van der Waals surface area contributed by atoms with Crippen LogP contribution in [-0.2, 0) is 16.1 Å². The summed E-state index contributed by atoms with van der Waals surface area (Å²) < 4.78 is 9.95. The molecule has 1 saturated heterocycles.